The molecule has 0 spiro atoms. The van der Waals surface area contributed by atoms with Gasteiger partial charge in [-0.15, -0.1) is 0 Å². The molecule has 2 aromatic heterocycles. The molecule has 3 aromatic rings. The second-order valence-corrected chi connectivity index (χ2v) is 8.52. The molecule has 7 nitrogen and oxygen atoms in total. The molecule has 0 radical (unpaired) electrons. The maximum Gasteiger partial charge on any atom is 0.234 e. The lowest BCUT2D eigenvalue weighted by Crippen LogP contribution is -2.37. The quantitative estimate of drug-likeness (QED) is 0.572. The maximum atomic E-state index is 12.2. The summed E-state index contributed by atoms with van der Waals surface area (Å²) in [5.41, 5.74) is 1.81. The van der Waals surface area contributed by atoms with Gasteiger partial charge in [0.25, 0.3) is 0 Å². The van der Waals surface area contributed by atoms with E-state index in [9.17, 15) is 9.00 Å². The average molecular weight is 449 g/mol. The first-order valence-corrected chi connectivity index (χ1v) is 10.7. The smallest absolute Gasteiger partial charge is 0.234 e. The average Bonchev–Trinajstić information content (AvgIpc) is 3.08. The Kier molecular flexibility index (Phi) is 5.07. The van der Waals surface area contributed by atoms with E-state index in [0.29, 0.717) is 25.6 Å². The summed E-state index contributed by atoms with van der Waals surface area (Å²) in [5.74, 6) is 0.496. The van der Waals surface area contributed by atoms with Gasteiger partial charge in [-0.05, 0) is 27.6 Å². The van der Waals surface area contributed by atoms with Crippen LogP contribution in [0.2, 0.25) is 0 Å². The Morgan fingerprint density at radius 3 is 2.81 bits per heavy atom. The van der Waals surface area contributed by atoms with Crippen molar-refractivity contribution < 1.29 is 13.7 Å². The van der Waals surface area contributed by atoms with Crippen molar-refractivity contribution >= 4 is 44.0 Å². The first-order valence-electron chi connectivity index (χ1n) is 8.34. The van der Waals surface area contributed by atoms with E-state index in [4.69, 9.17) is 4.74 Å². The van der Waals surface area contributed by atoms with E-state index in [0.717, 1.165) is 32.2 Å². The Balaban J connectivity index is 1.83. The molecular weight excluding hydrogens is 432 g/mol. The number of fused-ring (bicyclic) bond motifs is 1. The number of carbonyl (C=O) groups excluding carboxylic acids is 1. The first kappa shape index (κ1) is 18.3. The number of benzene rings is 1. The fourth-order valence-corrected chi connectivity index (χ4v) is 4.14. The fraction of sp³-hybridized carbons (Fsp3) is 0.278. The molecule has 0 saturated carbocycles. The van der Waals surface area contributed by atoms with E-state index in [1.807, 2.05) is 29.0 Å². The molecule has 1 amide bonds. The van der Waals surface area contributed by atoms with E-state index < -0.39 is 10.8 Å². The SMILES string of the molecule is CS(=O)c1cn(-c2ncc(Br)cn2)c2cc(C3CN(C=O)CCO3)ccc12. The lowest BCUT2D eigenvalue weighted by Gasteiger charge is -2.30. The van der Waals surface area contributed by atoms with Gasteiger partial charge in [-0.25, -0.2) is 9.97 Å². The highest BCUT2D eigenvalue weighted by Crippen LogP contribution is 2.30. The monoisotopic (exact) mass is 448 g/mol. The van der Waals surface area contributed by atoms with Crippen LogP contribution >= 0.6 is 15.9 Å². The molecule has 1 fully saturated rings. The summed E-state index contributed by atoms with van der Waals surface area (Å²) in [6, 6.07) is 5.90. The Bertz CT molecular complexity index is 1020. The normalized spacial score (nSPS) is 18.6. The molecule has 1 aliphatic heterocycles. The zero-order chi connectivity index (χ0) is 19.0. The predicted octanol–water partition coefficient (Wildman–Crippen LogP) is 2.45. The van der Waals surface area contributed by atoms with Crippen LogP contribution in [-0.2, 0) is 20.3 Å². The minimum absolute atomic E-state index is 0.196. The van der Waals surface area contributed by atoms with E-state index in [1.165, 1.54) is 0 Å². The number of hydrogen-bond acceptors (Lipinski definition) is 5. The standard InChI is InChI=1S/C18H17BrN4O3S/c1-27(25)17-10-23(18-20-7-13(19)8-21-18)15-6-12(2-3-14(15)17)16-9-22(11-24)4-5-26-16/h2-3,6-8,10-11,16H,4-5,9H2,1H3. The molecule has 2 atom stereocenters. The highest BCUT2D eigenvalue weighted by atomic mass is 79.9. The van der Waals surface area contributed by atoms with Crippen molar-refractivity contribution in [3.8, 4) is 5.95 Å². The Morgan fingerprint density at radius 1 is 1.33 bits per heavy atom. The number of nitrogens with zero attached hydrogens (tertiary/aromatic N) is 4. The lowest BCUT2D eigenvalue weighted by molar-refractivity contribution is -0.125. The van der Waals surface area contributed by atoms with Crippen molar-refractivity contribution in [2.45, 2.75) is 11.0 Å². The predicted molar refractivity (Wildman–Crippen MR) is 105 cm³/mol. The molecule has 9 heteroatoms. The maximum absolute atomic E-state index is 12.2. The lowest BCUT2D eigenvalue weighted by atomic mass is 10.1. The van der Waals surface area contributed by atoms with Crippen LogP contribution in [-0.4, -0.2) is 56.0 Å². The van der Waals surface area contributed by atoms with Gasteiger partial charge in [-0.3, -0.25) is 13.6 Å². The van der Waals surface area contributed by atoms with Crippen molar-refractivity contribution in [3.05, 3.63) is 46.8 Å². The van der Waals surface area contributed by atoms with Gasteiger partial charge in [0, 0.05) is 36.8 Å². The van der Waals surface area contributed by atoms with Crippen molar-refractivity contribution in [1.29, 1.82) is 0 Å². The second-order valence-electron chi connectivity index (χ2n) is 6.26. The third-order valence-electron chi connectivity index (χ3n) is 4.54. The number of amides is 1. The molecule has 0 aliphatic carbocycles. The van der Waals surface area contributed by atoms with Crippen LogP contribution in [0.25, 0.3) is 16.9 Å². The molecule has 1 aliphatic rings. The number of rotatable bonds is 4. The van der Waals surface area contributed by atoms with Crippen LogP contribution in [0.1, 0.15) is 11.7 Å². The van der Waals surface area contributed by atoms with Crippen molar-refractivity contribution in [3.63, 3.8) is 0 Å². The van der Waals surface area contributed by atoms with E-state index in [-0.39, 0.29) is 6.10 Å². The third-order valence-corrected chi connectivity index (χ3v) is 5.90. The van der Waals surface area contributed by atoms with Crippen LogP contribution in [0.5, 0.6) is 0 Å². The van der Waals surface area contributed by atoms with Gasteiger partial charge in [0.05, 0.1) is 38.8 Å². The fourth-order valence-electron chi connectivity index (χ4n) is 3.20. The molecule has 1 aromatic carbocycles. The van der Waals surface area contributed by atoms with E-state index in [1.54, 1.807) is 23.5 Å². The summed E-state index contributed by atoms with van der Waals surface area (Å²) in [4.78, 5) is 22.3. The molecule has 0 bridgehead atoms. The molecule has 140 valence electrons. The minimum atomic E-state index is -1.15. The first-order chi connectivity index (χ1) is 13.1. The number of aromatic nitrogens is 3. The summed E-state index contributed by atoms with van der Waals surface area (Å²) in [6.07, 6.45) is 7.47. The van der Waals surface area contributed by atoms with E-state index in [2.05, 4.69) is 25.9 Å². The molecule has 0 N–H and O–H groups in total. The molecular formula is C18H17BrN4O3S. The Labute approximate surface area is 166 Å². The van der Waals surface area contributed by atoms with Crippen molar-refractivity contribution in [1.82, 2.24) is 19.4 Å². The number of carbonyl (C=O) groups is 1. The summed E-state index contributed by atoms with van der Waals surface area (Å²) < 4.78 is 20.7. The third kappa shape index (κ3) is 3.54. The van der Waals surface area contributed by atoms with Crippen LogP contribution < -0.4 is 0 Å². The van der Waals surface area contributed by atoms with Gasteiger partial charge in [0.1, 0.15) is 6.10 Å². The van der Waals surface area contributed by atoms with E-state index >= 15 is 0 Å². The van der Waals surface area contributed by atoms with Gasteiger partial charge in [0.15, 0.2) is 0 Å². The topological polar surface area (TPSA) is 77.3 Å². The van der Waals surface area contributed by atoms with Crippen LogP contribution in [0.15, 0.2) is 46.2 Å². The summed E-state index contributed by atoms with van der Waals surface area (Å²) >= 11 is 3.34. The Hall–Kier alpha value is -2.10. The number of ether oxygens (including phenoxy) is 1. The van der Waals surface area contributed by atoms with Crippen molar-refractivity contribution in [2.24, 2.45) is 0 Å². The summed E-state index contributed by atoms with van der Waals surface area (Å²) in [7, 11) is -1.15. The van der Waals surface area contributed by atoms with Gasteiger partial charge in [-0.1, -0.05) is 12.1 Å². The van der Waals surface area contributed by atoms with Gasteiger partial charge < -0.3 is 9.64 Å². The zero-order valence-electron chi connectivity index (χ0n) is 14.5. The zero-order valence-corrected chi connectivity index (χ0v) is 16.9. The largest absolute Gasteiger partial charge is 0.370 e. The number of hydrogen-bond donors (Lipinski definition) is 0. The molecule has 4 rings (SSSR count). The molecule has 1 saturated heterocycles. The summed E-state index contributed by atoms with van der Waals surface area (Å²) in [5, 5.41) is 0.883. The van der Waals surface area contributed by atoms with Gasteiger partial charge in [-0.2, -0.15) is 0 Å². The van der Waals surface area contributed by atoms with Crippen LogP contribution in [0.4, 0.5) is 0 Å². The highest BCUT2D eigenvalue weighted by Gasteiger charge is 2.23. The molecule has 2 unspecified atom stereocenters. The van der Waals surface area contributed by atoms with Gasteiger partial charge in [0.2, 0.25) is 12.4 Å². The van der Waals surface area contributed by atoms with Gasteiger partial charge >= 0.3 is 0 Å². The second kappa shape index (κ2) is 7.49. The van der Waals surface area contributed by atoms with Crippen LogP contribution in [0, 0.1) is 0 Å². The van der Waals surface area contributed by atoms with Crippen LogP contribution in [0.3, 0.4) is 0 Å². The minimum Gasteiger partial charge on any atom is -0.370 e. The number of morpholine rings is 1. The number of halogens is 1. The molecule has 27 heavy (non-hydrogen) atoms. The Morgan fingerprint density at radius 2 is 2.11 bits per heavy atom. The van der Waals surface area contributed by atoms with Crippen molar-refractivity contribution in [2.75, 3.05) is 26.0 Å². The highest BCUT2D eigenvalue weighted by molar-refractivity contribution is 9.10. The summed E-state index contributed by atoms with van der Waals surface area (Å²) in [6.45, 7) is 1.61. The molecule has 3 heterocycles.